The van der Waals surface area contributed by atoms with Crippen LogP contribution in [0.25, 0.3) is 22.1 Å². The van der Waals surface area contributed by atoms with Gasteiger partial charge in [-0.3, -0.25) is 4.79 Å². The number of carbonyl (C=O) groups is 1. The van der Waals surface area contributed by atoms with Crippen molar-refractivity contribution in [2.45, 2.75) is 13.0 Å². The van der Waals surface area contributed by atoms with E-state index in [1.54, 1.807) is 6.07 Å². The zero-order chi connectivity index (χ0) is 18.7. The number of amides is 1. The van der Waals surface area contributed by atoms with E-state index in [9.17, 15) is 9.59 Å². The first-order valence-electron chi connectivity index (χ1n) is 8.18. The number of primary amides is 1. The maximum absolute atomic E-state index is 12.1. The molecule has 0 bridgehead atoms. The fourth-order valence-electron chi connectivity index (χ4n) is 2.91. The Morgan fingerprint density at radius 3 is 2.65 bits per heavy atom. The number of methoxy groups -OCH3 is 1. The highest BCUT2D eigenvalue weighted by atomic mass is 16.5. The van der Waals surface area contributed by atoms with Crippen molar-refractivity contribution in [3.05, 3.63) is 64.5 Å². The van der Waals surface area contributed by atoms with Crippen molar-refractivity contribution in [1.82, 2.24) is 0 Å². The van der Waals surface area contributed by atoms with E-state index in [0.717, 1.165) is 22.1 Å². The predicted molar refractivity (Wildman–Crippen MR) is 101 cm³/mol. The number of ether oxygens (including phenoxy) is 1. The van der Waals surface area contributed by atoms with E-state index in [4.69, 9.17) is 14.9 Å². The molecule has 26 heavy (non-hydrogen) atoms. The molecule has 0 fully saturated rings. The third-order valence-corrected chi connectivity index (χ3v) is 4.20. The van der Waals surface area contributed by atoms with Crippen molar-refractivity contribution >= 4 is 22.6 Å². The van der Waals surface area contributed by atoms with Gasteiger partial charge in [-0.2, -0.15) is 0 Å². The zero-order valence-electron chi connectivity index (χ0n) is 14.6. The summed E-state index contributed by atoms with van der Waals surface area (Å²) in [5.74, 6) is -0.526. The van der Waals surface area contributed by atoms with Gasteiger partial charge in [0.05, 0.1) is 6.61 Å². The third-order valence-electron chi connectivity index (χ3n) is 4.20. The van der Waals surface area contributed by atoms with Crippen molar-refractivity contribution < 1.29 is 13.9 Å². The standard InChI is InChI=1S/C20H20N2O4/c1-12-5-3-4-6-14(12)16-10-19(23)26-18-9-13(7-8-15(16)18)22-17(11-25-2)20(21)24/h3-10,17,22H,11H2,1-2H3,(H2,21,24). The number of anilines is 1. The minimum Gasteiger partial charge on any atom is -0.423 e. The van der Waals surface area contributed by atoms with E-state index in [2.05, 4.69) is 5.32 Å². The highest BCUT2D eigenvalue weighted by Gasteiger charge is 2.16. The molecule has 0 saturated heterocycles. The Kier molecular flexibility index (Phi) is 5.04. The minimum atomic E-state index is -0.677. The SMILES string of the molecule is COCC(Nc1ccc2c(-c3ccccc3C)cc(=O)oc2c1)C(N)=O. The van der Waals surface area contributed by atoms with Crippen LogP contribution in [-0.2, 0) is 9.53 Å². The summed E-state index contributed by atoms with van der Waals surface area (Å²) in [6.45, 7) is 2.13. The fraction of sp³-hybridized carbons (Fsp3) is 0.200. The number of hydrogen-bond acceptors (Lipinski definition) is 5. The Morgan fingerprint density at radius 2 is 1.96 bits per heavy atom. The Morgan fingerprint density at radius 1 is 1.19 bits per heavy atom. The average molecular weight is 352 g/mol. The second-order valence-corrected chi connectivity index (χ2v) is 6.06. The van der Waals surface area contributed by atoms with Gasteiger partial charge in [0.25, 0.3) is 0 Å². The second-order valence-electron chi connectivity index (χ2n) is 6.06. The predicted octanol–water partition coefficient (Wildman–Crippen LogP) is 2.68. The summed E-state index contributed by atoms with van der Waals surface area (Å²) in [4.78, 5) is 23.5. The molecule has 1 amide bonds. The van der Waals surface area contributed by atoms with Crippen LogP contribution in [0.4, 0.5) is 5.69 Å². The summed E-state index contributed by atoms with van der Waals surface area (Å²) in [5.41, 5.74) is 8.83. The molecule has 0 aliphatic heterocycles. The lowest BCUT2D eigenvalue weighted by Crippen LogP contribution is -2.38. The zero-order valence-corrected chi connectivity index (χ0v) is 14.6. The summed E-state index contributed by atoms with van der Waals surface area (Å²) in [5, 5.41) is 3.81. The van der Waals surface area contributed by atoms with Gasteiger partial charge < -0.3 is 20.2 Å². The van der Waals surface area contributed by atoms with Gasteiger partial charge in [0, 0.05) is 35.9 Å². The largest absolute Gasteiger partial charge is 0.423 e. The lowest BCUT2D eigenvalue weighted by Gasteiger charge is -2.16. The minimum absolute atomic E-state index is 0.139. The molecule has 6 heteroatoms. The molecule has 3 rings (SSSR count). The van der Waals surface area contributed by atoms with Gasteiger partial charge in [0.1, 0.15) is 11.6 Å². The quantitative estimate of drug-likeness (QED) is 0.665. The van der Waals surface area contributed by atoms with E-state index in [1.807, 2.05) is 43.3 Å². The van der Waals surface area contributed by atoms with Gasteiger partial charge in [-0.1, -0.05) is 24.3 Å². The van der Waals surface area contributed by atoms with Crippen LogP contribution >= 0.6 is 0 Å². The number of hydrogen-bond donors (Lipinski definition) is 2. The van der Waals surface area contributed by atoms with Crippen LogP contribution in [0.5, 0.6) is 0 Å². The van der Waals surface area contributed by atoms with E-state index in [-0.39, 0.29) is 6.61 Å². The molecule has 0 aliphatic carbocycles. The molecule has 1 heterocycles. The lowest BCUT2D eigenvalue weighted by atomic mass is 9.98. The summed E-state index contributed by atoms with van der Waals surface area (Å²) in [6.07, 6.45) is 0. The first-order chi connectivity index (χ1) is 12.5. The molecular formula is C20H20N2O4. The van der Waals surface area contributed by atoms with E-state index < -0.39 is 17.6 Å². The van der Waals surface area contributed by atoms with Crippen LogP contribution < -0.4 is 16.7 Å². The van der Waals surface area contributed by atoms with Gasteiger partial charge in [0.2, 0.25) is 5.91 Å². The molecule has 134 valence electrons. The van der Waals surface area contributed by atoms with Crippen molar-refractivity contribution in [3.8, 4) is 11.1 Å². The number of nitrogens with one attached hydrogen (secondary N) is 1. The van der Waals surface area contributed by atoms with Crippen LogP contribution in [0.15, 0.2) is 57.7 Å². The maximum atomic E-state index is 12.1. The molecular weight excluding hydrogens is 332 g/mol. The fourth-order valence-corrected chi connectivity index (χ4v) is 2.91. The highest BCUT2D eigenvalue weighted by molar-refractivity contribution is 5.95. The summed E-state index contributed by atoms with van der Waals surface area (Å²) in [6, 6.07) is 14.0. The molecule has 6 nitrogen and oxygen atoms in total. The maximum Gasteiger partial charge on any atom is 0.336 e. The summed E-state index contributed by atoms with van der Waals surface area (Å²) >= 11 is 0. The third kappa shape index (κ3) is 3.60. The van der Waals surface area contributed by atoms with Crippen LogP contribution in [0.2, 0.25) is 0 Å². The van der Waals surface area contributed by atoms with Crippen LogP contribution in [0, 0.1) is 6.92 Å². The van der Waals surface area contributed by atoms with Crippen LogP contribution in [0.3, 0.4) is 0 Å². The molecule has 1 atom stereocenters. The topological polar surface area (TPSA) is 94.6 Å². The number of aryl methyl sites for hydroxylation is 1. The molecule has 0 radical (unpaired) electrons. The van der Waals surface area contributed by atoms with Gasteiger partial charge in [-0.05, 0) is 30.2 Å². The molecule has 1 unspecified atom stereocenters. The Labute approximate surface area is 150 Å². The molecule has 2 aromatic carbocycles. The number of nitrogens with two attached hydrogens (primary N) is 1. The molecule has 1 aromatic heterocycles. The van der Waals surface area contributed by atoms with Crippen molar-refractivity contribution in [2.24, 2.45) is 5.73 Å². The molecule has 0 spiro atoms. The van der Waals surface area contributed by atoms with Gasteiger partial charge >= 0.3 is 5.63 Å². The number of carbonyl (C=O) groups excluding carboxylic acids is 1. The lowest BCUT2D eigenvalue weighted by molar-refractivity contribution is -0.119. The van der Waals surface area contributed by atoms with Crippen molar-refractivity contribution in [2.75, 3.05) is 19.0 Å². The normalized spacial score (nSPS) is 12.1. The number of fused-ring (bicyclic) bond motifs is 1. The summed E-state index contributed by atoms with van der Waals surface area (Å²) < 4.78 is 10.4. The molecule has 3 N–H and O–H groups in total. The number of rotatable bonds is 6. The summed E-state index contributed by atoms with van der Waals surface area (Å²) in [7, 11) is 1.49. The van der Waals surface area contributed by atoms with Crippen LogP contribution in [0.1, 0.15) is 5.56 Å². The Hall–Kier alpha value is -3.12. The van der Waals surface area contributed by atoms with E-state index in [0.29, 0.717) is 11.3 Å². The molecule has 0 saturated carbocycles. The first-order valence-corrected chi connectivity index (χ1v) is 8.18. The van der Waals surface area contributed by atoms with Crippen molar-refractivity contribution in [3.63, 3.8) is 0 Å². The van der Waals surface area contributed by atoms with Gasteiger partial charge in [0.15, 0.2) is 0 Å². The molecule has 0 aliphatic rings. The van der Waals surface area contributed by atoms with Crippen LogP contribution in [-0.4, -0.2) is 25.7 Å². The highest BCUT2D eigenvalue weighted by Crippen LogP contribution is 2.31. The number of benzene rings is 2. The second kappa shape index (κ2) is 7.41. The Balaban J connectivity index is 2.08. The molecule has 3 aromatic rings. The smallest absolute Gasteiger partial charge is 0.336 e. The first kappa shape index (κ1) is 17.7. The average Bonchev–Trinajstić information content (AvgIpc) is 2.60. The van der Waals surface area contributed by atoms with Crippen molar-refractivity contribution in [1.29, 1.82) is 0 Å². The van der Waals surface area contributed by atoms with E-state index in [1.165, 1.54) is 13.2 Å². The monoisotopic (exact) mass is 352 g/mol. The van der Waals surface area contributed by atoms with Gasteiger partial charge in [-0.25, -0.2) is 4.79 Å². The van der Waals surface area contributed by atoms with E-state index >= 15 is 0 Å². The Bertz CT molecular complexity index is 1010. The van der Waals surface area contributed by atoms with Gasteiger partial charge in [-0.15, -0.1) is 0 Å².